The van der Waals surface area contributed by atoms with Gasteiger partial charge in [0.15, 0.2) is 0 Å². The summed E-state index contributed by atoms with van der Waals surface area (Å²) in [4.78, 5) is 16.9. The molecule has 0 radical (unpaired) electrons. The molecule has 26 heavy (non-hydrogen) atoms. The molecular formula is C21H28FN3O. The average Bonchev–Trinajstić information content (AvgIpc) is 3.10. The van der Waals surface area contributed by atoms with Gasteiger partial charge in [0.25, 0.3) is 0 Å². The van der Waals surface area contributed by atoms with Gasteiger partial charge in [-0.25, -0.2) is 9.18 Å². The highest BCUT2D eigenvalue weighted by Crippen LogP contribution is 2.32. The minimum Gasteiger partial charge on any atom is -0.335 e. The molecule has 1 N–H and O–H groups in total. The number of urea groups is 1. The fourth-order valence-corrected chi connectivity index (χ4v) is 4.55. The number of benzene rings is 1. The second kappa shape index (κ2) is 7.78. The molecule has 1 aliphatic carbocycles. The Morgan fingerprint density at radius 2 is 1.73 bits per heavy atom. The number of piperidine rings is 1. The van der Waals surface area contributed by atoms with Crippen molar-refractivity contribution in [2.24, 2.45) is 11.8 Å². The molecular weight excluding hydrogens is 329 g/mol. The molecule has 2 aliphatic heterocycles. The minimum absolute atomic E-state index is 0.104. The molecule has 3 aliphatic rings. The van der Waals surface area contributed by atoms with E-state index in [1.54, 1.807) is 6.07 Å². The number of hydrogen-bond acceptors (Lipinski definition) is 2. The van der Waals surface area contributed by atoms with Crippen molar-refractivity contribution < 1.29 is 9.18 Å². The molecule has 5 heteroatoms. The van der Waals surface area contributed by atoms with Crippen molar-refractivity contribution in [2.45, 2.75) is 38.3 Å². The van der Waals surface area contributed by atoms with E-state index in [1.807, 2.05) is 17.0 Å². The zero-order valence-corrected chi connectivity index (χ0v) is 15.2. The van der Waals surface area contributed by atoms with E-state index in [1.165, 1.54) is 6.07 Å². The SMILES string of the molecule is O=C(NC1CCN(Cc2ccccc2F)CC1)N1C[C@H]2CC=CC[C@H]2C1. The number of nitrogens with one attached hydrogen (secondary N) is 1. The van der Waals surface area contributed by atoms with Crippen LogP contribution in [-0.2, 0) is 6.54 Å². The van der Waals surface area contributed by atoms with Gasteiger partial charge in [-0.2, -0.15) is 0 Å². The Morgan fingerprint density at radius 3 is 2.38 bits per heavy atom. The summed E-state index contributed by atoms with van der Waals surface area (Å²) in [6.45, 7) is 4.23. The van der Waals surface area contributed by atoms with Gasteiger partial charge in [0.1, 0.15) is 5.82 Å². The molecule has 1 aromatic rings. The Balaban J connectivity index is 1.23. The molecule has 2 fully saturated rings. The lowest BCUT2D eigenvalue weighted by molar-refractivity contribution is 0.172. The van der Waals surface area contributed by atoms with Crippen LogP contribution >= 0.6 is 0 Å². The van der Waals surface area contributed by atoms with E-state index in [0.29, 0.717) is 18.4 Å². The Hall–Kier alpha value is -1.88. The molecule has 2 amide bonds. The number of carbonyl (C=O) groups is 1. The Labute approximate surface area is 155 Å². The van der Waals surface area contributed by atoms with Crippen molar-refractivity contribution in [3.8, 4) is 0 Å². The molecule has 0 unspecified atom stereocenters. The first-order chi connectivity index (χ1) is 12.7. The van der Waals surface area contributed by atoms with E-state index in [2.05, 4.69) is 22.4 Å². The van der Waals surface area contributed by atoms with E-state index in [0.717, 1.165) is 57.4 Å². The lowest BCUT2D eigenvalue weighted by atomic mass is 9.86. The second-order valence-electron chi connectivity index (χ2n) is 7.96. The van der Waals surface area contributed by atoms with Gasteiger partial charge in [-0.05, 0) is 43.6 Å². The van der Waals surface area contributed by atoms with E-state index in [9.17, 15) is 9.18 Å². The van der Waals surface area contributed by atoms with Crippen LogP contribution in [0, 0.1) is 17.7 Å². The van der Waals surface area contributed by atoms with Gasteiger partial charge >= 0.3 is 6.03 Å². The molecule has 0 aromatic heterocycles. The summed E-state index contributed by atoms with van der Waals surface area (Å²) in [6, 6.07) is 7.32. The molecule has 0 saturated carbocycles. The van der Waals surface area contributed by atoms with Crippen LogP contribution in [0.3, 0.4) is 0 Å². The van der Waals surface area contributed by atoms with Crippen LogP contribution in [0.1, 0.15) is 31.2 Å². The van der Waals surface area contributed by atoms with Crippen molar-refractivity contribution >= 4 is 6.03 Å². The van der Waals surface area contributed by atoms with Crippen LogP contribution in [-0.4, -0.2) is 48.1 Å². The highest BCUT2D eigenvalue weighted by Gasteiger charge is 2.35. The maximum Gasteiger partial charge on any atom is 0.317 e. The van der Waals surface area contributed by atoms with Crippen molar-refractivity contribution in [3.63, 3.8) is 0 Å². The lowest BCUT2D eigenvalue weighted by Gasteiger charge is -2.33. The Morgan fingerprint density at radius 1 is 1.08 bits per heavy atom. The van der Waals surface area contributed by atoms with Gasteiger partial charge in [0.05, 0.1) is 0 Å². The number of likely N-dealkylation sites (tertiary alicyclic amines) is 2. The zero-order valence-electron chi connectivity index (χ0n) is 15.2. The normalized spacial score (nSPS) is 26.7. The third-order valence-corrected chi connectivity index (χ3v) is 6.17. The van der Waals surface area contributed by atoms with Crippen molar-refractivity contribution in [3.05, 3.63) is 47.8 Å². The molecule has 2 heterocycles. The van der Waals surface area contributed by atoms with E-state index in [4.69, 9.17) is 0 Å². The van der Waals surface area contributed by atoms with Crippen molar-refractivity contribution in [1.82, 2.24) is 15.1 Å². The molecule has 2 saturated heterocycles. The molecule has 0 bridgehead atoms. The van der Waals surface area contributed by atoms with Crippen LogP contribution in [0.5, 0.6) is 0 Å². The van der Waals surface area contributed by atoms with Crippen molar-refractivity contribution in [1.29, 1.82) is 0 Å². The minimum atomic E-state index is -0.132. The average molecular weight is 357 g/mol. The lowest BCUT2D eigenvalue weighted by Crippen LogP contribution is -2.48. The predicted molar refractivity (Wildman–Crippen MR) is 100 cm³/mol. The molecule has 4 rings (SSSR count). The number of halogens is 1. The molecule has 140 valence electrons. The maximum atomic E-state index is 13.8. The summed E-state index contributed by atoms with van der Waals surface area (Å²) >= 11 is 0. The third kappa shape index (κ3) is 3.93. The van der Waals surface area contributed by atoms with E-state index in [-0.39, 0.29) is 17.9 Å². The van der Waals surface area contributed by atoms with E-state index >= 15 is 0 Å². The largest absolute Gasteiger partial charge is 0.335 e. The van der Waals surface area contributed by atoms with Gasteiger partial charge in [-0.1, -0.05) is 30.4 Å². The summed E-state index contributed by atoms with van der Waals surface area (Å²) in [6.07, 6.45) is 8.61. The fourth-order valence-electron chi connectivity index (χ4n) is 4.55. The summed E-state index contributed by atoms with van der Waals surface area (Å²) < 4.78 is 13.8. The van der Waals surface area contributed by atoms with Crippen LogP contribution in [0.4, 0.5) is 9.18 Å². The number of fused-ring (bicyclic) bond motifs is 1. The summed E-state index contributed by atoms with van der Waals surface area (Å²) in [5, 5.41) is 3.23. The number of carbonyl (C=O) groups excluding carboxylic acids is 1. The highest BCUT2D eigenvalue weighted by molar-refractivity contribution is 5.75. The monoisotopic (exact) mass is 357 g/mol. The summed E-state index contributed by atoms with van der Waals surface area (Å²) in [5.74, 6) is 1.16. The molecule has 4 nitrogen and oxygen atoms in total. The smallest absolute Gasteiger partial charge is 0.317 e. The van der Waals surface area contributed by atoms with E-state index < -0.39 is 0 Å². The highest BCUT2D eigenvalue weighted by atomic mass is 19.1. The van der Waals surface area contributed by atoms with Gasteiger partial charge < -0.3 is 10.2 Å². The number of nitrogens with zero attached hydrogens (tertiary/aromatic N) is 2. The van der Waals surface area contributed by atoms with Crippen LogP contribution in [0.15, 0.2) is 36.4 Å². The van der Waals surface area contributed by atoms with Crippen LogP contribution in [0.25, 0.3) is 0 Å². The predicted octanol–water partition coefficient (Wildman–Crippen LogP) is 3.40. The Kier molecular flexibility index (Phi) is 5.25. The molecule has 0 spiro atoms. The first-order valence-electron chi connectivity index (χ1n) is 9.85. The van der Waals surface area contributed by atoms with Crippen LogP contribution < -0.4 is 5.32 Å². The van der Waals surface area contributed by atoms with Crippen LogP contribution in [0.2, 0.25) is 0 Å². The number of allylic oxidation sites excluding steroid dienone is 2. The quantitative estimate of drug-likeness (QED) is 0.842. The van der Waals surface area contributed by atoms with Gasteiger partial charge in [-0.15, -0.1) is 0 Å². The molecule has 2 atom stereocenters. The number of amides is 2. The summed E-state index contributed by atoms with van der Waals surface area (Å²) in [7, 11) is 0. The standard InChI is InChI=1S/C21H28FN3O/c22-20-8-4-3-7-18(20)13-24-11-9-19(10-12-24)23-21(26)25-14-16-5-1-2-6-17(16)15-25/h1-4,7-8,16-17,19H,5-6,9-15H2,(H,23,26)/t16-,17+. The first-order valence-corrected chi connectivity index (χ1v) is 9.85. The fraction of sp³-hybridized carbons (Fsp3) is 0.571. The second-order valence-corrected chi connectivity index (χ2v) is 7.96. The van der Waals surface area contributed by atoms with Gasteiger partial charge in [0.2, 0.25) is 0 Å². The third-order valence-electron chi connectivity index (χ3n) is 6.17. The first kappa shape index (κ1) is 17.5. The topological polar surface area (TPSA) is 35.6 Å². The van der Waals surface area contributed by atoms with Gasteiger partial charge in [-0.3, -0.25) is 4.90 Å². The summed E-state index contributed by atoms with van der Waals surface area (Å²) in [5.41, 5.74) is 0.753. The van der Waals surface area contributed by atoms with Crippen molar-refractivity contribution in [2.75, 3.05) is 26.2 Å². The number of hydrogen-bond donors (Lipinski definition) is 1. The Bertz CT molecular complexity index is 653. The zero-order chi connectivity index (χ0) is 17.9. The maximum absolute atomic E-state index is 13.8. The molecule has 1 aromatic carbocycles. The van der Waals surface area contributed by atoms with Gasteiger partial charge in [0, 0.05) is 44.3 Å². The number of rotatable bonds is 3.